The fraction of sp³-hybridized carbons (Fsp3) is 0.531. The minimum atomic E-state index is -1.00. The molecule has 2 N–H and O–H groups in total. The summed E-state index contributed by atoms with van der Waals surface area (Å²) in [5.41, 5.74) is 2.38. The van der Waals surface area contributed by atoms with Crippen molar-refractivity contribution in [2.45, 2.75) is 106 Å². The lowest BCUT2D eigenvalue weighted by Gasteiger charge is -2.43. The van der Waals surface area contributed by atoms with Crippen LogP contribution in [0.1, 0.15) is 90.1 Å². The third-order valence-electron chi connectivity index (χ3n) is 6.57. The molecule has 0 fully saturated rings. The summed E-state index contributed by atoms with van der Waals surface area (Å²) >= 11 is 6.47. The fourth-order valence-corrected chi connectivity index (χ4v) is 4.87. The first-order valence-corrected chi connectivity index (χ1v) is 14.2. The number of para-hydroxylation sites is 1. The zero-order valence-electron chi connectivity index (χ0n) is 25.9. The van der Waals surface area contributed by atoms with Crippen LogP contribution in [0.3, 0.4) is 0 Å². The van der Waals surface area contributed by atoms with Gasteiger partial charge < -0.3 is 20.3 Å². The Hall–Kier alpha value is -3.06. The van der Waals surface area contributed by atoms with Gasteiger partial charge in [0.25, 0.3) is 5.91 Å². The summed E-state index contributed by atoms with van der Waals surface area (Å²) in [7, 11) is 0. The zero-order valence-corrected chi connectivity index (χ0v) is 26.6. The van der Waals surface area contributed by atoms with Gasteiger partial charge in [-0.3, -0.25) is 9.59 Å². The number of halogens is 1. The molecule has 0 aliphatic carbocycles. The molecule has 2 aromatic carbocycles. The monoisotopic (exact) mass is 571 g/mol. The standard InChI is InChI=1S/C32H46ClN3O4/c1-19(2)18-25(34-30(39)40-32(9,10)11)29(38)36(31(6,7)8)27(23-16-12-14-20(3)22(23)5)28(37)35-26-21(4)15-13-17-24(26)33/h12-17,19,25,27H,18H2,1-11H3,(H,34,39)(H,35,37). The van der Waals surface area contributed by atoms with Crippen molar-refractivity contribution in [3.8, 4) is 0 Å². The Labute approximate surface area is 245 Å². The van der Waals surface area contributed by atoms with Crippen LogP contribution >= 0.6 is 11.6 Å². The Morgan fingerprint density at radius 2 is 1.50 bits per heavy atom. The normalized spacial score (nSPS) is 13.4. The molecule has 0 radical (unpaired) electrons. The predicted molar refractivity (Wildman–Crippen MR) is 163 cm³/mol. The summed E-state index contributed by atoms with van der Waals surface area (Å²) in [4.78, 5) is 43.1. The number of carbonyl (C=O) groups is 3. The summed E-state index contributed by atoms with van der Waals surface area (Å²) in [5, 5.41) is 6.21. The van der Waals surface area contributed by atoms with E-state index in [1.54, 1.807) is 31.7 Å². The van der Waals surface area contributed by atoms with Crippen molar-refractivity contribution in [1.82, 2.24) is 10.2 Å². The number of amides is 3. The van der Waals surface area contributed by atoms with E-state index in [2.05, 4.69) is 10.6 Å². The lowest BCUT2D eigenvalue weighted by molar-refractivity contribution is -0.147. The third kappa shape index (κ3) is 8.72. The first kappa shape index (κ1) is 33.1. The van der Waals surface area contributed by atoms with Crippen molar-refractivity contribution < 1.29 is 19.1 Å². The number of nitrogens with zero attached hydrogens (tertiary/aromatic N) is 1. The molecule has 0 aromatic heterocycles. The van der Waals surface area contributed by atoms with Crippen LogP contribution in [0.15, 0.2) is 36.4 Å². The number of anilines is 1. The van der Waals surface area contributed by atoms with Gasteiger partial charge in [0, 0.05) is 5.54 Å². The van der Waals surface area contributed by atoms with Gasteiger partial charge in [-0.15, -0.1) is 0 Å². The van der Waals surface area contributed by atoms with Gasteiger partial charge >= 0.3 is 6.09 Å². The van der Waals surface area contributed by atoms with E-state index in [0.29, 0.717) is 22.7 Å². The second kappa shape index (κ2) is 13.1. The molecule has 0 bridgehead atoms. The van der Waals surface area contributed by atoms with Crippen LogP contribution in [0, 0.1) is 26.7 Å². The molecule has 8 heteroatoms. The van der Waals surface area contributed by atoms with E-state index in [0.717, 1.165) is 16.7 Å². The molecule has 0 spiro atoms. The number of hydrogen-bond acceptors (Lipinski definition) is 4. The van der Waals surface area contributed by atoms with E-state index in [4.69, 9.17) is 16.3 Å². The Kier molecular flexibility index (Phi) is 10.8. The Morgan fingerprint density at radius 3 is 2.02 bits per heavy atom. The molecule has 0 saturated heterocycles. The van der Waals surface area contributed by atoms with Crippen LogP contribution in [0.2, 0.25) is 5.02 Å². The lowest BCUT2D eigenvalue weighted by atomic mass is 9.90. The number of rotatable bonds is 8. The molecule has 220 valence electrons. The van der Waals surface area contributed by atoms with Gasteiger partial charge in [0.2, 0.25) is 5.91 Å². The van der Waals surface area contributed by atoms with Crippen molar-refractivity contribution >= 4 is 35.2 Å². The fourth-order valence-electron chi connectivity index (χ4n) is 4.61. The third-order valence-corrected chi connectivity index (χ3v) is 6.89. The molecule has 2 rings (SSSR count). The molecule has 40 heavy (non-hydrogen) atoms. The lowest BCUT2D eigenvalue weighted by Crippen LogP contribution is -2.58. The second-order valence-corrected chi connectivity index (χ2v) is 13.2. The average Bonchev–Trinajstić information content (AvgIpc) is 2.78. The van der Waals surface area contributed by atoms with Crippen LogP contribution in [0.5, 0.6) is 0 Å². The van der Waals surface area contributed by atoms with Crippen molar-refractivity contribution in [3.05, 3.63) is 63.7 Å². The molecule has 0 heterocycles. The molecular weight excluding hydrogens is 526 g/mol. The number of ether oxygens (including phenoxy) is 1. The Morgan fingerprint density at radius 1 is 0.925 bits per heavy atom. The highest BCUT2D eigenvalue weighted by Gasteiger charge is 2.42. The van der Waals surface area contributed by atoms with Crippen LogP contribution in [-0.2, 0) is 14.3 Å². The van der Waals surface area contributed by atoms with Crippen LogP contribution in [0.4, 0.5) is 10.5 Å². The summed E-state index contributed by atoms with van der Waals surface area (Å²) in [6.45, 7) is 20.7. The van der Waals surface area contributed by atoms with Gasteiger partial charge in [-0.2, -0.15) is 0 Å². The summed E-state index contributed by atoms with van der Waals surface area (Å²) in [5.74, 6) is -0.679. The SMILES string of the molecule is Cc1cccc(C(C(=O)Nc2c(C)cccc2Cl)N(C(=O)C(CC(C)C)NC(=O)OC(C)(C)C)C(C)(C)C)c1C. The molecule has 7 nitrogen and oxygen atoms in total. The van der Waals surface area contributed by atoms with E-state index in [1.165, 1.54) is 0 Å². The number of carbonyl (C=O) groups excluding carboxylic acids is 3. The first-order valence-electron chi connectivity index (χ1n) is 13.8. The molecule has 0 aliphatic rings. The summed E-state index contributed by atoms with van der Waals surface area (Å²) in [6.07, 6.45) is -0.310. The molecule has 2 aromatic rings. The predicted octanol–water partition coefficient (Wildman–Crippen LogP) is 7.51. The smallest absolute Gasteiger partial charge is 0.408 e. The molecular formula is C32H46ClN3O4. The average molecular weight is 572 g/mol. The molecule has 0 saturated carbocycles. The number of aryl methyl sites for hydroxylation is 2. The van der Waals surface area contributed by atoms with Crippen LogP contribution in [0.25, 0.3) is 0 Å². The number of hydrogen-bond donors (Lipinski definition) is 2. The van der Waals surface area contributed by atoms with Crippen LogP contribution in [-0.4, -0.2) is 40.0 Å². The highest BCUT2D eigenvalue weighted by molar-refractivity contribution is 6.34. The maximum atomic E-state index is 14.5. The van der Waals surface area contributed by atoms with Crippen molar-refractivity contribution in [3.63, 3.8) is 0 Å². The van der Waals surface area contributed by atoms with E-state index in [1.807, 2.05) is 85.7 Å². The molecule has 2 unspecified atom stereocenters. The Balaban J connectivity index is 2.70. The maximum absolute atomic E-state index is 14.5. The van der Waals surface area contributed by atoms with E-state index in [-0.39, 0.29) is 11.8 Å². The number of nitrogens with one attached hydrogen (secondary N) is 2. The van der Waals surface area contributed by atoms with Crippen molar-refractivity contribution in [1.29, 1.82) is 0 Å². The minimum Gasteiger partial charge on any atom is -0.444 e. The van der Waals surface area contributed by atoms with Crippen LogP contribution < -0.4 is 10.6 Å². The quantitative estimate of drug-likeness (QED) is 0.343. The molecule has 2 atom stereocenters. The van der Waals surface area contributed by atoms with Gasteiger partial charge in [-0.25, -0.2) is 4.79 Å². The van der Waals surface area contributed by atoms with E-state index in [9.17, 15) is 14.4 Å². The number of benzene rings is 2. The topological polar surface area (TPSA) is 87.7 Å². The van der Waals surface area contributed by atoms with E-state index < -0.39 is 35.2 Å². The molecule has 3 amide bonds. The van der Waals surface area contributed by atoms with Gasteiger partial charge in [0.1, 0.15) is 17.7 Å². The Bertz CT molecular complexity index is 1210. The number of alkyl carbamates (subject to hydrolysis) is 1. The zero-order chi connectivity index (χ0) is 30.6. The van der Waals surface area contributed by atoms with Gasteiger partial charge in [0.05, 0.1) is 10.7 Å². The van der Waals surface area contributed by atoms with Gasteiger partial charge in [0.15, 0.2) is 0 Å². The van der Waals surface area contributed by atoms with Gasteiger partial charge in [-0.1, -0.05) is 55.8 Å². The maximum Gasteiger partial charge on any atom is 0.408 e. The van der Waals surface area contributed by atoms with Crippen molar-refractivity contribution in [2.75, 3.05) is 5.32 Å². The first-order chi connectivity index (χ1) is 18.3. The highest BCUT2D eigenvalue weighted by atomic mass is 35.5. The van der Waals surface area contributed by atoms with Gasteiger partial charge in [-0.05, 0) is 103 Å². The minimum absolute atomic E-state index is 0.0875. The highest BCUT2D eigenvalue weighted by Crippen LogP contribution is 2.35. The van der Waals surface area contributed by atoms with E-state index >= 15 is 0 Å². The molecule has 0 aliphatic heterocycles. The largest absolute Gasteiger partial charge is 0.444 e. The van der Waals surface area contributed by atoms with Crippen molar-refractivity contribution in [2.24, 2.45) is 5.92 Å². The second-order valence-electron chi connectivity index (χ2n) is 12.8. The summed E-state index contributed by atoms with van der Waals surface area (Å²) < 4.78 is 5.48. The summed E-state index contributed by atoms with van der Waals surface area (Å²) in [6, 6.07) is 9.22.